The number of nitrogens with zero attached hydrogens (tertiary/aromatic N) is 3. The van der Waals surface area contributed by atoms with E-state index in [1.54, 1.807) is 6.20 Å². The summed E-state index contributed by atoms with van der Waals surface area (Å²) in [5.74, 6) is 1.61. The number of anilines is 1. The second kappa shape index (κ2) is 6.46. The summed E-state index contributed by atoms with van der Waals surface area (Å²) in [6.07, 6.45) is 5.98. The number of fused-ring (bicyclic) bond motifs is 3. The van der Waals surface area contributed by atoms with Crippen LogP contribution >= 0.6 is 0 Å². The van der Waals surface area contributed by atoms with E-state index in [9.17, 15) is 0 Å². The van der Waals surface area contributed by atoms with Crippen LogP contribution < -0.4 is 15.4 Å². The molecule has 3 aromatic rings. The summed E-state index contributed by atoms with van der Waals surface area (Å²) in [7, 11) is 0. The van der Waals surface area contributed by atoms with Gasteiger partial charge in [0.05, 0.1) is 5.69 Å². The summed E-state index contributed by atoms with van der Waals surface area (Å²) < 4.78 is 7.82. The lowest BCUT2D eigenvalue weighted by atomic mass is 9.98. The molecule has 0 aliphatic carbocycles. The fraction of sp³-hybridized carbons (Fsp3) is 0.300. The van der Waals surface area contributed by atoms with E-state index in [2.05, 4.69) is 46.1 Å². The average Bonchev–Trinajstić information content (AvgIpc) is 3.23. The zero-order valence-corrected chi connectivity index (χ0v) is 14.5. The Morgan fingerprint density at radius 2 is 2.00 bits per heavy atom. The van der Waals surface area contributed by atoms with Crippen LogP contribution in [0.3, 0.4) is 0 Å². The Labute approximate surface area is 152 Å². The van der Waals surface area contributed by atoms with E-state index in [1.165, 1.54) is 5.56 Å². The molecule has 1 saturated heterocycles. The molecule has 2 aliphatic rings. The number of benzene rings is 1. The number of hydrogen-bond acceptors (Lipinski definition) is 5. The minimum atomic E-state index is 0.481. The van der Waals surface area contributed by atoms with Gasteiger partial charge in [0.15, 0.2) is 0 Å². The van der Waals surface area contributed by atoms with Crippen molar-refractivity contribution in [1.82, 2.24) is 20.1 Å². The summed E-state index contributed by atoms with van der Waals surface area (Å²) in [5.41, 5.74) is 4.43. The van der Waals surface area contributed by atoms with E-state index in [4.69, 9.17) is 9.72 Å². The molecular formula is C20H21N5O. The molecule has 0 saturated carbocycles. The molecule has 1 fully saturated rings. The van der Waals surface area contributed by atoms with Crippen LogP contribution in [0.15, 0.2) is 48.8 Å². The van der Waals surface area contributed by atoms with E-state index >= 15 is 0 Å². The van der Waals surface area contributed by atoms with E-state index < -0.39 is 0 Å². The van der Waals surface area contributed by atoms with Crippen molar-refractivity contribution in [2.45, 2.75) is 25.5 Å². The van der Waals surface area contributed by atoms with Gasteiger partial charge in [0.2, 0.25) is 5.88 Å². The Balaban J connectivity index is 1.43. The van der Waals surface area contributed by atoms with Gasteiger partial charge in [-0.25, -0.2) is 4.68 Å². The molecule has 0 unspecified atom stereocenters. The molecule has 6 nitrogen and oxygen atoms in total. The SMILES string of the molecule is c1cnn(-c2ccc3c(c2)COc2nc(NC4CCNCC4)ccc2-3)c1. The van der Waals surface area contributed by atoms with Crippen molar-refractivity contribution in [2.75, 3.05) is 18.4 Å². The largest absolute Gasteiger partial charge is 0.472 e. The third kappa shape index (κ3) is 2.82. The number of rotatable bonds is 3. The number of piperidine rings is 1. The second-order valence-corrected chi connectivity index (χ2v) is 6.80. The van der Waals surface area contributed by atoms with Gasteiger partial charge < -0.3 is 15.4 Å². The number of hydrogen-bond donors (Lipinski definition) is 2. The molecular weight excluding hydrogens is 326 g/mol. The first-order valence-corrected chi connectivity index (χ1v) is 9.11. The van der Waals surface area contributed by atoms with Crippen molar-refractivity contribution >= 4 is 5.82 Å². The average molecular weight is 347 g/mol. The maximum atomic E-state index is 5.96. The smallest absolute Gasteiger partial charge is 0.223 e. The molecule has 132 valence electrons. The van der Waals surface area contributed by atoms with Crippen LogP contribution in [0, 0.1) is 0 Å². The molecule has 2 aliphatic heterocycles. The molecule has 6 heteroatoms. The van der Waals surface area contributed by atoms with Crippen molar-refractivity contribution < 1.29 is 4.74 Å². The van der Waals surface area contributed by atoms with E-state index in [-0.39, 0.29) is 0 Å². The maximum absolute atomic E-state index is 5.96. The van der Waals surface area contributed by atoms with Crippen LogP contribution in [-0.4, -0.2) is 33.9 Å². The first-order valence-electron chi connectivity index (χ1n) is 9.11. The van der Waals surface area contributed by atoms with E-state index in [0.717, 1.165) is 48.6 Å². The number of aromatic nitrogens is 3. The Morgan fingerprint density at radius 1 is 1.12 bits per heavy atom. The standard InChI is InChI=1S/C20H21N5O/c1-8-22-25(11-1)16-2-3-17-14(12-16)13-26-20-18(17)4-5-19(24-20)23-15-6-9-21-10-7-15/h1-5,8,11-12,15,21H,6-7,9-10,13H2,(H,23,24). The van der Waals surface area contributed by atoms with Gasteiger partial charge in [-0.1, -0.05) is 6.07 Å². The fourth-order valence-corrected chi connectivity index (χ4v) is 3.68. The fourth-order valence-electron chi connectivity index (χ4n) is 3.68. The lowest BCUT2D eigenvalue weighted by Gasteiger charge is -2.25. The number of nitrogens with one attached hydrogen (secondary N) is 2. The van der Waals surface area contributed by atoms with Crippen molar-refractivity contribution in [3.63, 3.8) is 0 Å². The summed E-state index contributed by atoms with van der Waals surface area (Å²) in [4.78, 5) is 4.71. The normalized spacial score (nSPS) is 16.5. The van der Waals surface area contributed by atoms with Crippen LogP contribution in [0.1, 0.15) is 18.4 Å². The molecule has 0 bridgehead atoms. The Morgan fingerprint density at radius 3 is 2.85 bits per heavy atom. The maximum Gasteiger partial charge on any atom is 0.223 e. The van der Waals surface area contributed by atoms with Crippen LogP contribution in [0.2, 0.25) is 0 Å². The summed E-state index contributed by atoms with van der Waals surface area (Å²) in [6, 6.07) is 12.9. The highest BCUT2D eigenvalue weighted by Crippen LogP contribution is 2.37. The number of ether oxygens (including phenoxy) is 1. The van der Waals surface area contributed by atoms with Gasteiger partial charge >= 0.3 is 0 Å². The quantitative estimate of drug-likeness (QED) is 0.763. The predicted molar refractivity (Wildman–Crippen MR) is 101 cm³/mol. The van der Waals surface area contributed by atoms with Crippen LogP contribution in [0.5, 0.6) is 5.88 Å². The minimum absolute atomic E-state index is 0.481. The van der Waals surface area contributed by atoms with Gasteiger partial charge in [-0.2, -0.15) is 10.1 Å². The highest BCUT2D eigenvalue weighted by atomic mass is 16.5. The zero-order chi connectivity index (χ0) is 17.3. The first-order chi connectivity index (χ1) is 12.9. The molecule has 1 aromatic carbocycles. The lowest BCUT2D eigenvalue weighted by Crippen LogP contribution is -2.35. The molecule has 0 spiro atoms. The monoisotopic (exact) mass is 347 g/mol. The van der Waals surface area contributed by atoms with Gasteiger partial charge in [-0.05, 0) is 67.4 Å². The molecule has 0 amide bonds. The molecule has 2 N–H and O–H groups in total. The van der Waals surface area contributed by atoms with Gasteiger partial charge in [0, 0.05) is 24.0 Å². The summed E-state index contributed by atoms with van der Waals surface area (Å²) in [5, 5.41) is 11.2. The first kappa shape index (κ1) is 15.4. The summed E-state index contributed by atoms with van der Waals surface area (Å²) in [6.45, 7) is 2.65. The Hall–Kier alpha value is -2.86. The molecule has 5 rings (SSSR count). The third-order valence-electron chi connectivity index (χ3n) is 5.06. The Kier molecular flexibility index (Phi) is 3.83. The lowest BCUT2D eigenvalue weighted by molar-refractivity contribution is 0.290. The van der Waals surface area contributed by atoms with Crippen LogP contribution in [-0.2, 0) is 6.61 Å². The Bertz CT molecular complexity index is 916. The minimum Gasteiger partial charge on any atom is -0.472 e. The molecule has 0 radical (unpaired) electrons. The highest BCUT2D eigenvalue weighted by molar-refractivity contribution is 5.75. The zero-order valence-electron chi connectivity index (χ0n) is 14.5. The molecule has 4 heterocycles. The topological polar surface area (TPSA) is 64.0 Å². The van der Waals surface area contributed by atoms with Crippen LogP contribution in [0.4, 0.5) is 5.82 Å². The van der Waals surface area contributed by atoms with E-state index in [1.807, 2.05) is 16.9 Å². The molecule has 2 aromatic heterocycles. The van der Waals surface area contributed by atoms with Gasteiger partial charge in [-0.15, -0.1) is 0 Å². The summed E-state index contributed by atoms with van der Waals surface area (Å²) >= 11 is 0. The van der Waals surface area contributed by atoms with E-state index in [0.29, 0.717) is 18.5 Å². The number of pyridine rings is 1. The van der Waals surface area contributed by atoms with Crippen LogP contribution in [0.25, 0.3) is 16.8 Å². The second-order valence-electron chi connectivity index (χ2n) is 6.80. The predicted octanol–water partition coefficient (Wildman–Crippen LogP) is 2.99. The molecule has 26 heavy (non-hydrogen) atoms. The van der Waals surface area contributed by atoms with Crippen molar-refractivity contribution in [3.05, 3.63) is 54.4 Å². The highest BCUT2D eigenvalue weighted by Gasteiger charge is 2.20. The van der Waals surface area contributed by atoms with Gasteiger partial charge in [0.1, 0.15) is 12.4 Å². The van der Waals surface area contributed by atoms with Crippen molar-refractivity contribution in [1.29, 1.82) is 0 Å². The van der Waals surface area contributed by atoms with Gasteiger partial charge in [-0.3, -0.25) is 0 Å². The van der Waals surface area contributed by atoms with Crippen molar-refractivity contribution in [2.24, 2.45) is 0 Å². The van der Waals surface area contributed by atoms with Gasteiger partial charge in [0.25, 0.3) is 0 Å². The molecule has 0 atom stereocenters. The third-order valence-corrected chi connectivity index (χ3v) is 5.06. The van der Waals surface area contributed by atoms with Crippen molar-refractivity contribution in [3.8, 4) is 22.7 Å².